The van der Waals surface area contributed by atoms with Crippen LogP contribution in [-0.2, 0) is 0 Å². The lowest BCUT2D eigenvalue weighted by atomic mass is 10.1. The zero-order valence-corrected chi connectivity index (χ0v) is 8.05. The molecular formula is C9H6ClFN2O. The molecule has 0 N–H and O–H groups in total. The van der Waals surface area contributed by atoms with Crippen molar-refractivity contribution in [1.29, 1.82) is 0 Å². The molecule has 5 heteroatoms. The van der Waals surface area contributed by atoms with E-state index in [0.29, 0.717) is 5.56 Å². The first-order chi connectivity index (χ1) is 6.65. The minimum Gasteiger partial charge on any atom is -0.407 e. The van der Waals surface area contributed by atoms with Crippen molar-refractivity contribution in [3.63, 3.8) is 0 Å². The molecule has 0 radical (unpaired) electrons. The van der Waals surface area contributed by atoms with Crippen molar-refractivity contribution in [1.82, 2.24) is 10.2 Å². The molecule has 0 saturated heterocycles. The number of benzene rings is 1. The molecule has 0 aliphatic carbocycles. The molecule has 0 aliphatic heterocycles. The van der Waals surface area contributed by atoms with E-state index < -0.39 is 0 Å². The van der Waals surface area contributed by atoms with Crippen LogP contribution in [0.15, 0.2) is 22.6 Å². The standard InChI is InChI=1S/C9H6ClFN2O/c1-5-2-6(4-7(11)3-5)8-12-13-9(10)14-8/h2-4H,1H3. The second-order valence-electron chi connectivity index (χ2n) is 2.88. The van der Waals surface area contributed by atoms with Crippen molar-refractivity contribution in [3.05, 3.63) is 34.9 Å². The van der Waals surface area contributed by atoms with E-state index in [4.69, 9.17) is 16.0 Å². The average molecular weight is 213 g/mol. The van der Waals surface area contributed by atoms with Gasteiger partial charge in [-0.25, -0.2) is 4.39 Å². The number of rotatable bonds is 1. The molecule has 3 nitrogen and oxygen atoms in total. The van der Waals surface area contributed by atoms with Gasteiger partial charge in [-0.2, -0.15) is 0 Å². The van der Waals surface area contributed by atoms with Gasteiger partial charge in [0, 0.05) is 5.56 Å². The fourth-order valence-electron chi connectivity index (χ4n) is 1.18. The van der Waals surface area contributed by atoms with Crippen LogP contribution in [0.25, 0.3) is 11.5 Å². The third-order valence-electron chi connectivity index (χ3n) is 1.69. The summed E-state index contributed by atoms with van der Waals surface area (Å²) in [6, 6.07) is 4.48. The van der Waals surface area contributed by atoms with Crippen LogP contribution in [0.3, 0.4) is 0 Å². The highest BCUT2D eigenvalue weighted by molar-refractivity contribution is 6.27. The van der Waals surface area contributed by atoms with Gasteiger partial charge in [0.25, 0.3) is 0 Å². The molecule has 72 valence electrons. The molecule has 2 rings (SSSR count). The minimum atomic E-state index is -0.339. The first kappa shape index (κ1) is 9.15. The largest absolute Gasteiger partial charge is 0.407 e. The Kier molecular flexibility index (Phi) is 2.21. The SMILES string of the molecule is Cc1cc(F)cc(-c2nnc(Cl)o2)c1. The zero-order valence-electron chi connectivity index (χ0n) is 7.29. The van der Waals surface area contributed by atoms with E-state index in [1.165, 1.54) is 12.1 Å². The second kappa shape index (κ2) is 3.38. The monoisotopic (exact) mass is 212 g/mol. The van der Waals surface area contributed by atoms with Crippen molar-refractivity contribution < 1.29 is 8.81 Å². The molecule has 0 aliphatic rings. The smallest absolute Gasteiger partial charge is 0.313 e. The lowest BCUT2D eigenvalue weighted by Gasteiger charge is -1.97. The third-order valence-corrected chi connectivity index (χ3v) is 1.84. The van der Waals surface area contributed by atoms with Gasteiger partial charge in [-0.3, -0.25) is 0 Å². The first-order valence-electron chi connectivity index (χ1n) is 3.92. The molecule has 0 fully saturated rings. The molecule has 14 heavy (non-hydrogen) atoms. The lowest BCUT2D eigenvalue weighted by molar-refractivity contribution is 0.569. The maximum absolute atomic E-state index is 13.0. The van der Waals surface area contributed by atoms with Gasteiger partial charge in [0.1, 0.15) is 5.82 Å². The molecule has 0 amide bonds. The number of aromatic nitrogens is 2. The summed E-state index contributed by atoms with van der Waals surface area (Å²) >= 11 is 5.46. The summed E-state index contributed by atoms with van der Waals surface area (Å²) in [5.74, 6) is -0.119. The van der Waals surface area contributed by atoms with Crippen LogP contribution in [0.4, 0.5) is 4.39 Å². The van der Waals surface area contributed by atoms with Crippen LogP contribution in [0.5, 0.6) is 0 Å². The van der Waals surface area contributed by atoms with Crippen LogP contribution >= 0.6 is 11.6 Å². The van der Waals surface area contributed by atoms with Crippen molar-refractivity contribution >= 4 is 11.6 Å². The van der Waals surface area contributed by atoms with Gasteiger partial charge in [0.2, 0.25) is 5.89 Å². The Morgan fingerprint density at radius 3 is 2.64 bits per heavy atom. The Morgan fingerprint density at radius 2 is 2.07 bits per heavy atom. The molecule has 2 aromatic rings. The van der Waals surface area contributed by atoms with Crippen molar-refractivity contribution in [2.75, 3.05) is 0 Å². The zero-order chi connectivity index (χ0) is 10.1. The van der Waals surface area contributed by atoms with Crippen LogP contribution in [0.1, 0.15) is 5.56 Å². The number of hydrogen-bond donors (Lipinski definition) is 0. The van der Waals surface area contributed by atoms with Crippen LogP contribution in [0, 0.1) is 12.7 Å². The maximum atomic E-state index is 13.0. The second-order valence-corrected chi connectivity index (χ2v) is 3.20. The molecule has 1 heterocycles. The van der Waals surface area contributed by atoms with Crippen LogP contribution in [-0.4, -0.2) is 10.2 Å². The molecule has 0 atom stereocenters. The predicted molar refractivity (Wildman–Crippen MR) is 49.4 cm³/mol. The van der Waals surface area contributed by atoms with Crippen LogP contribution in [0.2, 0.25) is 5.35 Å². The van der Waals surface area contributed by atoms with E-state index in [1.807, 2.05) is 0 Å². The van der Waals surface area contributed by atoms with Gasteiger partial charge in [-0.1, -0.05) is 5.10 Å². The number of halogens is 2. The molecule has 1 aromatic carbocycles. The summed E-state index contributed by atoms with van der Waals surface area (Å²) in [6.07, 6.45) is 0. The summed E-state index contributed by atoms with van der Waals surface area (Å²) in [5.41, 5.74) is 1.32. The average Bonchev–Trinajstić information content (AvgIpc) is 2.50. The van der Waals surface area contributed by atoms with Gasteiger partial charge in [0.05, 0.1) is 0 Å². The summed E-state index contributed by atoms with van der Waals surface area (Å²) in [7, 11) is 0. The van der Waals surface area contributed by atoms with E-state index >= 15 is 0 Å². The Morgan fingerprint density at radius 1 is 1.29 bits per heavy atom. The van der Waals surface area contributed by atoms with Gasteiger partial charge in [0.15, 0.2) is 0 Å². The number of aryl methyl sites for hydroxylation is 1. The minimum absolute atomic E-state index is 0.0538. The van der Waals surface area contributed by atoms with E-state index in [9.17, 15) is 4.39 Å². The lowest BCUT2D eigenvalue weighted by Crippen LogP contribution is -1.83. The highest BCUT2D eigenvalue weighted by Gasteiger charge is 2.08. The maximum Gasteiger partial charge on any atom is 0.313 e. The highest BCUT2D eigenvalue weighted by atomic mass is 35.5. The fourth-order valence-corrected chi connectivity index (χ4v) is 1.29. The van der Waals surface area contributed by atoms with E-state index in [2.05, 4.69) is 10.2 Å². The fraction of sp³-hybridized carbons (Fsp3) is 0.111. The third kappa shape index (κ3) is 1.75. The van der Waals surface area contributed by atoms with Gasteiger partial charge in [-0.15, -0.1) is 5.10 Å². The van der Waals surface area contributed by atoms with E-state index in [0.717, 1.165) is 5.56 Å². The van der Waals surface area contributed by atoms with E-state index in [-0.39, 0.29) is 17.1 Å². The highest BCUT2D eigenvalue weighted by Crippen LogP contribution is 2.21. The molecule has 0 bridgehead atoms. The van der Waals surface area contributed by atoms with Gasteiger partial charge >= 0.3 is 5.35 Å². The molecule has 1 aromatic heterocycles. The summed E-state index contributed by atoms with van der Waals surface area (Å²) < 4.78 is 18.0. The summed E-state index contributed by atoms with van der Waals surface area (Å²) in [5, 5.41) is 7.08. The molecule has 0 spiro atoms. The van der Waals surface area contributed by atoms with Gasteiger partial charge in [-0.05, 0) is 42.3 Å². The summed E-state index contributed by atoms with van der Waals surface area (Å²) in [6.45, 7) is 1.78. The van der Waals surface area contributed by atoms with Crippen molar-refractivity contribution in [3.8, 4) is 11.5 Å². The van der Waals surface area contributed by atoms with E-state index in [1.54, 1.807) is 13.0 Å². The van der Waals surface area contributed by atoms with Crippen molar-refractivity contribution in [2.45, 2.75) is 6.92 Å². The Labute approximate surface area is 84.5 Å². The van der Waals surface area contributed by atoms with Crippen molar-refractivity contribution in [2.24, 2.45) is 0 Å². The van der Waals surface area contributed by atoms with Crippen LogP contribution < -0.4 is 0 Å². The molecule has 0 saturated carbocycles. The Balaban J connectivity index is 2.51. The van der Waals surface area contributed by atoms with Gasteiger partial charge < -0.3 is 4.42 Å². The first-order valence-corrected chi connectivity index (χ1v) is 4.29. The quantitative estimate of drug-likeness (QED) is 0.730. The Hall–Kier alpha value is -1.42. The number of hydrogen-bond acceptors (Lipinski definition) is 3. The number of nitrogens with zero attached hydrogens (tertiary/aromatic N) is 2. The predicted octanol–water partition coefficient (Wildman–Crippen LogP) is 2.84. The normalized spacial score (nSPS) is 10.5. The Bertz CT molecular complexity index is 449. The summed E-state index contributed by atoms with van der Waals surface area (Å²) in [4.78, 5) is 0. The molecular weight excluding hydrogens is 207 g/mol. The molecule has 0 unspecified atom stereocenters. The topological polar surface area (TPSA) is 38.9 Å².